The number of hydrogen-bond donors (Lipinski definition) is 2. The van der Waals surface area contributed by atoms with Crippen molar-refractivity contribution in [3.05, 3.63) is 75.9 Å². The number of nitrogens with two attached hydrogens (primary N) is 1. The molecule has 150 valence electrons. The molecule has 0 fully saturated rings. The average molecular weight is 413 g/mol. The number of pyridine rings is 1. The van der Waals surface area contributed by atoms with E-state index in [0.29, 0.717) is 41.4 Å². The Morgan fingerprint density at radius 3 is 2.83 bits per heavy atom. The predicted octanol–water partition coefficient (Wildman–Crippen LogP) is 4.15. The number of allylic oxidation sites excluding steroid dienone is 3. The van der Waals surface area contributed by atoms with Gasteiger partial charge in [0.25, 0.3) is 5.91 Å². The van der Waals surface area contributed by atoms with Crippen molar-refractivity contribution in [2.75, 3.05) is 13.1 Å². The topological polar surface area (TPSA) is 83.1 Å². The largest absolute Gasteiger partial charge is 0.364 e. The zero-order valence-corrected chi connectivity index (χ0v) is 16.8. The molecule has 5 nitrogen and oxygen atoms in total. The maximum absolute atomic E-state index is 14.6. The maximum Gasteiger partial charge on any atom is 0.267 e. The van der Waals surface area contributed by atoms with Gasteiger partial charge in [0.1, 0.15) is 11.5 Å². The van der Waals surface area contributed by atoms with Gasteiger partial charge in [-0.3, -0.25) is 9.69 Å². The molecular weight excluding hydrogens is 391 g/mol. The fourth-order valence-electron chi connectivity index (χ4n) is 3.43. The molecule has 7 heteroatoms. The third-order valence-electron chi connectivity index (χ3n) is 4.83. The van der Waals surface area contributed by atoms with Crippen LogP contribution in [-0.4, -0.2) is 35.1 Å². The van der Waals surface area contributed by atoms with E-state index >= 15 is 0 Å². The first-order valence-electron chi connectivity index (χ1n) is 9.25. The first-order chi connectivity index (χ1) is 13.9. The highest BCUT2D eigenvalue weighted by atomic mass is 35.5. The Balaban J connectivity index is 2.00. The molecule has 29 heavy (non-hydrogen) atoms. The lowest BCUT2D eigenvalue weighted by Gasteiger charge is -2.30. The van der Waals surface area contributed by atoms with Crippen molar-refractivity contribution in [3.63, 3.8) is 0 Å². The van der Waals surface area contributed by atoms with Crippen molar-refractivity contribution >= 4 is 23.7 Å². The van der Waals surface area contributed by atoms with Gasteiger partial charge >= 0.3 is 0 Å². The van der Waals surface area contributed by atoms with Crippen LogP contribution in [0.3, 0.4) is 0 Å². The molecule has 0 aliphatic carbocycles. The lowest BCUT2D eigenvalue weighted by atomic mass is 9.92. The van der Waals surface area contributed by atoms with Crippen LogP contribution in [0, 0.1) is 11.2 Å². The third-order valence-corrected chi connectivity index (χ3v) is 5.06. The number of carbonyl (C=O) groups is 1. The molecule has 0 atom stereocenters. The van der Waals surface area contributed by atoms with Gasteiger partial charge < -0.3 is 11.1 Å². The summed E-state index contributed by atoms with van der Waals surface area (Å²) in [5.74, 6) is -1.11. The molecule has 2 aromatic rings. The lowest BCUT2D eigenvalue weighted by Crippen LogP contribution is -2.34. The SMILES string of the molecule is C/C=C\C=C(/C=N)CN1CCc2c(-c3ccc(Cl)cc3F)cc(C(N)=O)nc2C1. The Morgan fingerprint density at radius 1 is 1.38 bits per heavy atom. The second-order valence-corrected chi connectivity index (χ2v) is 7.28. The first-order valence-corrected chi connectivity index (χ1v) is 9.63. The quantitative estimate of drug-likeness (QED) is 0.552. The molecule has 0 spiro atoms. The molecule has 1 aromatic carbocycles. The van der Waals surface area contributed by atoms with Crippen molar-refractivity contribution < 1.29 is 9.18 Å². The van der Waals surface area contributed by atoms with E-state index in [1.54, 1.807) is 18.2 Å². The molecular formula is C22H22ClFN4O. The number of nitrogens with zero attached hydrogens (tertiary/aromatic N) is 2. The molecule has 0 bridgehead atoms. The minimum Gasteiger partial charge on any atom is -0.364 e. The summed E-state index contributed by atoms with van der Waals surface area (Å²) in [6.07, 6.45) is 7.67. The van der Waals surface area contributed by atoms with Crippen LogP contribution >= 0.6 is 11.6 Å². The highest BCUT2D eigenvalue weighted by Gasteiger charge is 2.24. The summed E-state index contributed by atoms with van der Waals surface area (Å²) < 4.78 is 14.6. The van der Waals surface area contributed by atoms with Gasteiger partial charge in [-0.1, -0.05) is 29.8 Å². The van der Waals surface area contributed by atoms with E-state index in [9.17, 15) is 9.18 Å². The minimum absolute atomic E-state index is 0.103. The number of primary amides is 1. The molecule has 1 aliphatic heterocycles. The van der Waals surface area contributed by atoms with Gasteiger partial charge in [0, 0.05) is 36.4 Å². The number of rotatable bonds is 6. The molecule has 2 heterocycles. The minimum atomic E-state index is -0.659. The highest BCUT2D eigenvalue weighted by Crippen LogP contribution is 2.33. The molecule has 1 amide bonds. The Labute approximate surface area is 174 Å². The second-order valence-electron chi connectivity index (χ2n) is 6.84. The fraction of sp³-hybridized carbons (Fsp3) is 0.227. The van der Waals surface area contributed by atoms with Crippen LogP contribution in [0.25, 0.3) is 11.1 Å². The Kier molecular flexibility index (Phi) is 6.56. The third kappa shape index (κ3) is 4.78. The number of aromatic nitrogens is 1. The van der Waals surface area contributed by atoms with Gasteiger partial charge in [0.05, 0.1) is 5.69 Å². The van der Waals surface area contributed by atoms with Crippen LogP contribution < -0.4 is 5.73 Å². The number of amides is 1. The van der Waals surface area contributed by atoms with Crippen LogP contribution in [0.15, 0.2) is 48.1 Å². The van der Waals surface area contributed by atoms with Crippen molar-refractivity contribution in [1.82, 2.24) is 9.88 Å². The Bertz CT molecular complexity index is 1020. The van der Waals surface area contributed by atoms with Gasteiger partial charge in [-0.05, 0) is 54.3 Å². The molecule has 0 saturated heterocycles. The van der Waals surface area contributed by atoms with Crippen molar-refractivity contribution in [3.8, 4) is 11.1 Å². The number of carbonyl (C=O) groups excluding carboxylic acids is 1. The van der Waals surface area contributed by atoms with Gasteiger partial charge in [0.2, 0.25) is 0 Å². The molecule has 1 aliphatic rings. The van der Waals surface area contributed by atoms with Gasteiger partial charge in [-0.2, -0.15) is 0 Å². The summed E-state index contributed by atoms with van der Waals surface area (Å²) in [5.41, 5.74) is 9.03. The van der Waals surface area contributed by atoms with Gasteiger partial charge in [-0.25, -0.2) is 9.37 Å². The van der Waals surface area contributed by atoms with Crippen molar-refractivity contribution in [2.24, 2.45) is 5.73 Å². The molecule has 3 N–H and O–H groups in total. The summed E-state index contributed by atoms with van der Waals surface area (Å²) >= 11 is 5.89. The molecule has 3 rings (SSSR count). The monoisotopic (exact) mass is 412 g/mol. The number of hydrogen-bond acceptors (Lipinski definition) is 4. The van der Waals surface area contributed by atoms with Crippen LogP contribution in [-0.2, 0) is 13.0 Å². The fourth-order valence-corrected chi connectivity index (χ4v) is 3.59. The number of fused-ring (bicyclic) bond motifs is 1. The van der Waals surface area contributed by atoms with E-state index in [4.69, 9.17) is 22.7 Å². The maximum atomic E-state index is 14.6. The molecule has 0 saturated carbocycles. The Morgan fingerprint density at radius 2 is 2.17 bits per heavy atom. The molecule has 0 radical (unpaired) electrons. The van der Waals surface area contributed by atoms with E-state index in [-0.39, 0.29) is 5.69 Å². The first kappa shape index (κ1) is 20.9. The smallest absolute Gasteiger partial charge is 0.267 e. The van der Waals surface area contributed by atoms with Gasteiger partial charge in [-0.15, -0.1) is 0 Å². The summed E-state index contributed by atoms with van der Waals surface area (Å²) in [5, 5.41) is 7.90. The van der Waals surface area contributed by atoms with E-state index in [1.807, 2.05) is 25.2 Å². The van der Waals surface area contributed by atoms with Gasteiger partial charge in [0.15, 0.2) is 0 Å². The summed E-state index contributed by atoms with van der Waals surface area (Å²) in [6, 6.07) is 6.04. The van der Waals surface area contributed by atoms with E-state index in [0.717, 1.165) is 17.7 Å². The zero-order valence-electron chi connectivity index (χ0n) is 16.1. The zero-order chi connectivity index (χ0) is 21.0. The summed E-state index contributed by atoms with van der Waals surface area (Å²) in [7, 11) is 0. The van der Waals surface area contributed by atoms with Crippen molar-refractivity contribution in [1.29, 1.82) is 5.41 Å². The molecule has 1 aromatic heterocycles. The summed E-state index contributed by atoms with van der Waals surface area (Å²) in [4.78, 5) is 18.4. The number of nitrogens with one attached hydrogen (secondary N) is 1. The normalized spacial score (nSPS) is 14.8. The second kappa shape index (κ2) is 9.11. The average Bonchev–Trinajstić information content (AvgIpc) is 2.70. The van der Waals surface area contributed by atoms with Crippen LogP contribution in [0.2, 0.25) is 5.02 Å². The Hall–Kier alpha value is -2.83. The van der Waals surface area contributed by atoms with E-state index in [2.05, 4.69) is 9.88 Å². The van der Waals surface area contributed by atoms with Crippen molar-refractivity contribution in [2.45, 2.75) is 19.9 Å². The highest BCUT2D eigenvalue weighted by molar-refractivity contribution is 6.30. The number of benzene rings is 1. The molecule has 0 unspecified atom stereocenters. The van der Waals surface area contributed by atoms with Crippen LogP contribution in [0.1, 0.15) is 28.7 Å². The van der Waals surface area contributed by atoms with Crippen LogP contribution in [0.5, 0.6) is 0 Å². The van der Waals surface area contributed by atoms with E-state index < -0.39 is 11.7 Å². The van der Waals surface area contributed by atoms with E-state index in [1.165, 1.54) is 12.3 Å². The summed E-state index contributed by atoms with van der Waals surface area (Å²) in [6.45, 7) is 3.72. The predicted molar refractivity (Wildman–Crippen MR) is 114 cm³/mol. The van der Waals surface area contributed by atoms with Crippen LogP contribution in [0.4, 0.5) is 4.39 Å². The lowest BCUT2D eigenvalue weighted by molar-refractivity contribution is 0.0995. The standard InChI is InChI=1S/C22H22ClFN4O/c1-2-3-4-14(11-25)12-28-8-7-17-18(16-6-5-15(23)9-19(16)24)10-20(22(26)29)27-21(17)13-28/h2-6,9-11,25H,7-8,12-13H2,1H3,(H2,26,29)/b3-2-,14-4+,25-11?. The number of halogens is 2.